The van der Waals surface area contributed by atoms with Crippen LogP contribution in [0.25, 0.3) is 0 Å². The van der Waals surface area contributed by atoms with Crippen molar-refractivity contribution < 1.29 is 24.2 Å². The van der Waals surface area contributed by atoms with Gasteiger partial charge >= 0.3 is 11.9 Å². The second-order valence-corrected chi connectivity index (χ2v) is 3.43. The van der Waals surface area contributed by atoms with Crippen LogP contribution in [-0.4, -0.2) is 29.7 Å². The molecule has 0 fully saturated rings. The zero-order valence-corrected chi connectivity index (χ0v) is 9.64. The van der Waals surface area contributed by atoms with Crippen LogP contribution in [0.1, 0.15) is 16.8 Å². The third kappa shape index (κ3) is 4.74. The standard InChI is InChI=1S/C11H11ClO5/c12-6-5-10(13)17-7-16-9-3-1-8(2-4-9)11(14)15/h1-4H,5-7H2,(H,14,15). The molecule has 0 amide bonds. The van der Waals surface area contributed by atoms with Crippen molar-refractivity contribution in [3.05, 3.63) is 29.8 Å². The Kier molecular flexibility index (Phi) is 5.29. The fourth-order valence-corrected chi connectivity index (χ4v) is 1.16. The Morgan fingerprint density at radius 3 is 2.41 bits per heavy atom. The first-order valence-electron chi connectivity index (χ1n) is 4.81. The summed E-state index contributed by atoms with van der Waals surface area (Å²) in [6, 6.07) is 5.77. The summed E-state index contributed by atoms with van der Waals surface area (Å²) in [6.07, 6.45) is 0.128. The van der Waals surface area contributed by atoms with E-state index < -0.39 is 11.9 Å². The third-order valence-electron chi connectivity index (χ3n) is 1.85. The van der Waals surface area contributed by atoms with E-state index in [1.807, 2.05) is 0 Å². The van der Waals surface area contributed by atoms with Crippen LogP contribution in [0.5, 0.6) is 5.75 Å². The third-order valence-corrected chi connectivity index (χ3v) is 2.03. The summed E-state index contributed by atoms with van der Waals surface area (Å²) in [7, 11) is 0. The zero-order valence-electron chi connectivity index (χ0n) is 8.89. The van der Waals surface area contributed by atoms with E-state index in [0.29, 0.717) is 5.75 Å². The van der Waals surface area contributed by atoms with Gasteiger partial charge in [0.2, 0.25) is 6.79 Å². The molecule has 0 saturated heterocycles. The summed E-state index contributed by atoms with van der Waals surface area (Å²) in [4.78, 5) is 21.5. The molecule has 0 bridgehead atoms. The molecular weight excluding hydrogens is 248 g/mol. The van der Waals surface area contributed by atoms with Crippen molar-refractivity contribution in [2.45, 2.75) is 6.42 Å². The number of alkyl halides is 1. The zero-order chi connectivity index (χ0) is 12.7. The molecular formula is C11H11ClO5. The maximum absolute atomic E-state index is 10.9. The number of carboxylic acid groups (broad SMARTS) is 1. The van der Waals surface area contributed by atoms with Gasteiger partial charge in [0.05, 0.1) is 12.0 Å². The molecule has 17 heavy (non-hydrogen) atoms. The largest absolute Gasteiger partial charge is 0.478 e. The molecule has 0 aliphatic heterocycles. The van der Waals surface area contributed by atoms with Gasteiger partial charge < -0.3 is 14.6 Å². The van der Waals surface area contributed by atoms with E-state index in [0.717, 1.165) is 0 Å². The Labute approximate surface area is 103 Å². The van der Waals surface area contributed by atoms with Gasteiger partial charge in [-0.05, 0) is 24.3 Å². The molecule has 0 spiro atoms. The predicted molar refractivity (Wildman–Crippen MR) is 60.3 cm³/mol. The summed E-state index contributed by atoms with van der Waals surface area (Å²) in [5.41, 5.74) is 0.163. The van der Waals surface area contributed by atoms with E-state index in [-0.39, 0.29) is 24.7 Å². The fourth-order valence-electron chi connectivity index (χ4n) is 1.01. The molecule has 1 aromatic carbocycles. The topological polar surface area (TPSA) is 72.8 Å². The molecule has 0 radical (unpaired) electrons. The molecule has 0 saturated carbocycles. The molecule has 5 nitrogen and oxygen atoms in total. The minimum Gasteiger partial charge on any atom is -0.478 e. The monoisotopic (exact) mass is 258 g/mol. The van der Waals surface area contributed by atoms with Gasteiger partial charge in [0.1, 0.15) is 5.75 Å². The van der Waals surface area contributed by atoms with Crippen LogP contribution >= 0.6 is 11.6 Å². The van der Waals surface area contributed by atoms with Crippen molar-refractivity contribution >= 4 is 23.5 Å². The first kappa shape index (κ1) is 13.3. The number of halogens is 1. The van der Waals surface area contributed by atoms with Crippen LogP contribution in [0.3, 0.4) is 0 Å². The molecule has 92 valence electrons. The number of carboxylic acids is 1. The van der Waals surface area contributed by atoms with Gasteiger partial charge in [-0.25, -0.2) is 4.79 Å². The van der Waals surface area contributed by atoms with Crippen molar-refractivity contribution in [2.75, 3.05) is 12.7 Å². The van der Waals surface area contributed by atoms with Crippen LogP contribution in [0.4, 0.5) is 0 Å². The van der Waals surface area contributed by atoms with Crippen molar-refractivity contribution in [3.8, 4) is 5.75 Å². The van der Waals surface area contributed by atoms with E-state index in [2.05, 4.69) is 0 Å². The molecule has 0 unspecified atom stereocenters. The normalized spacial score (nSPS) is 9.71. The molecule has 1 N–H and O–H groups in total. The van der Waals surface area contributed by atoms with Crippen LogP contribution in [0.15, 0.2) is 24.3 Å². The number of carbonyl (C=O) groups excluding carboxylic acids is 1. The molecule has 0 aliphatic rings. The van der Waals surface area contributed by atoms with Crippen LogP contribution in [-0.2, 0) is 9.53 Å². The van der Waals surface area contributed by atoms with Crippen molar-refractivity contribution in [3.63, 3.8) is 0 Å². The summed E-state index contributed by atoms with van der Waals surface area (Å²) in [5.74, 6) is -0.826. The van der Waals surface area contributed by atoms with Gasteiger partial charge in [-0.1, -0.05) is 0 Å². The highest BCUT2D eigenvalue weighted by Gasteiger charge is 2.03. The first-order valence-corrected chi connectivity index (χ1v) is 5.34. The van der Waals surface area contributed by atoms with Crippen LogP contribution < -0.4 is 4.74 Å². The second kappa shape index (κ2) is 6.75. The van der Waals surface area contributed by atoms with Crippen molar-refractivity contribution in [1.29, 1.82) is 0 Å². The van der Waals surface area contributed by atoms with Gasteiger partial charge in [-0.15, -0.1) is 11.6 Å². The number of carbonyl (C=O) groups is 2. The number of hydrogen-bond donors (Lipinski definition) is 1. The molecule has 0 atom stereocenters. The highest BCUT2D eigenvalue weighted by Crippen LogP contribution is 2.12. The Morgan fingerprint density at radius 2 is 1.88 bits per heavy atom. The lowest BCUT2D eigenvalue weighted by molar-refractivity contribution is -0.149. The van der Waals surface area contributed by atoms with E-state index in [4.69, 9.17) is 26.2 Å². The van der Waals surface area contributed by atoms with Gasteiger partial charge in [0, 0.05) is 5.88 Å². The fraction of sp³-hybridized carbons (Fsp3) is 0.273. The molecule has 1 aromatic rings. The Hall–Kier alpha value is -1.75. The molecule has 0 aliphatic carbocycles. The van der Waals surface area contributed by atoms with Crippen LogP contribution in [0.2, 0.25) is 0 Å². The average Bonchev–Trinajstić information content (AvgIpc) is 2.30. The van der Waals surface area contributed by atoms with Gasteiger partial charge in [-0.3, -0.25) is 4.79 Å². The van der Waals surface area contributed by atoms with Gasteiger partial charge in [-0.2, -0.15) is 0 Å². The van der Waals surface area contributed by atoms with Crippen molar-refractivity contribution in [1.82, 2.24) is 0 Å². The number of hydrogen-bond acceptors (Lipinski definition) is 4. The minimum absolute atomic E-state index is 0.128. The second-order valence-electron chi connectivity index (χ2n) is 3.05. The SMILES string of the molecule is O=C(CCCl)OCOc1ccc(C(=O)O)cc1. The number of aromatic carboxylic acids is 1. The number of benzene rings is 1. The maximum Gasteiger partial charge on any atom is 0.335 e. The van der Waals surface area contributed by atoms with Gasteiger partial charge in [0.25, 0.3) is 0 Å². The highest BCUT2D eigenvalue weighted by atomic mass is 35.5. The molecule has 6 heteroatoms. The molecule has 0 heterocycles. The molecule has 0 aromatic heterocycles. The molecule has 1 rings (SSSR count). The summed E-state index contributed by atoms with van der Waals surface area (Å²) in [5, 5.41) is 8.66. The maximum atomic E-state index is 10.9. The first-order chi connectivity index (χ1) is 8.13. The Bertz CT molecular complexity index is 387. The van der Waals surface area contributed by atoms with Crippen LogP contribution in [0, 0.1) is 0 Å². The smallest absolute Gasteiger partial charge is 0.335 e. The quantitative estimate of drug-likeness (QED) is 0.479. The minimum atomic E-state index is -1.01. The van der Waals surface area contributed by atoms with E-state index in [1.165, 1.54) is 24.3 Å². The van der Waals surface area contributed by atoms with E-state index >= 15 is 0 Å². The summed E-state index contributed by atoms with van der Waals surface area (Å²) >= 11 is 5.34. The summed E-state index contributed by atoms with van der Waals surface area (Å²) in [6.45, 7) is -0.220. The van der Waals surface area contributed by atoms with E-state index in [1.54, 1.807) is 0 Å². The lowest BCUT2D eigenvalue weighted by Gasteiger charge is -2.06. The van der Waals surface area contributed by atoms with Gasteiger partial charge in [0.15, 0.2) is 0 Å². The highest BCUT2D eigenvalue weighted by molar-refractivity contribution is 6.18. The Morgan fingerprint density at radius 1 is 1.24 bits per heavy atom. The lowest BCUT2D eigenvalue weighted by atomic mass is 10.2. The van der Waals surface area contributed by atoms with Crippen molar-refractivity contribution in [2.24, 2.45) is 0 Å². The Balaban J connectivity index is 2.37. The predicted octanol–water partition coefficient (Wildman–Crippen LogP) is 1.89. The number of ether oxygens (including phenoxy) is 2. The number of esters is 1. The average molecular weight is 259 g/mol. The lowest BCUT2D eigenvalue weighted by Crippen LogP contribution is -2.10. The summed E-state index contributed by atoms with van der Waals surface area (Å²) < 4.78 is 9.78. The number of rotatable bonds is 6. The van der Waals surface area contributed by atoms with E-state index in [9.17, 15) is 9.59 Å².